The molecule has 0 aliphatic carbocycles. The molecule has 0 unspecified atom stereocenters. The summed E-state index contributed by atoms with van der Waals surface area (Å²) in [5.41, 5.74) is -0.828. The van der Waals surface area contributed by atoms with Crippen molar-refractivity contribution >= 4 is 17.3 Å². The zero-order chi connectivity index (χ0) is 16.2. The lowest BCUT2D eigenvalue weighted by Crippen LogP contribution is -2.21. The highest BCUT2D eigenvalue weighted by atomic mass is 16.3. The Labute approximate surface area is 125 Å². The van der Waals surface area contributed by atoms with Crippen molar-refractivity contribution in [2.24, 2.45) is 5.92 Å². The number of carbonyl (C=O) groups is 3. The number of hydrogen-bond acceptors (Lipinski definition) is 4. The Morgan fingerprint density at radius 2 is 1.25 bits per heavy atom. The summed E-state index contributed by atoms with van der Waals surface area (Å²) in [6.45, 7) is 13.5. The topological polar surface area (TPSA) is 71.4 Å². The summed E-state index contributed by atoms with van der Waals surface area (Å²) in [6, 6.07) is 0. The van der Waals surface area contributed by atoms with Gasteiger partial charge in [0.05, 0.1) is 5.60 Å². The van der Waals surface area contributed by atoms with E-state index in [-0.39, 0.29) is 31.2 Å². The monoisotopic (exact) mass is 290 g/mol. The maximum absolute atomic E-state index is 10.3. The molecule has 0 saturated carbocycles. The molecule has 0 radical (unpaired) electrons. The van der Waals surface area contributed by atoms with E-state index in [1.807, 2.05) is 13.8 Å². The van der Waals surface area contributed by atoms with Gasteiger partial charge in [-0.15, -0.1) is 0 Å². The van der Waals surface area contributed by atoms with E-state index in [1.54, 1.807) is 20.8 Å². The van der Waals surface area contributed by atoms with Crippen LogP contribution in [0.2, 0.25) is 0 Å². The van der Waals surface area contributed by atoms with Gasteiger partial charge in [0.2, 0.25) is 0 Å². The summed E-state index contributed by atoms with van der Waals surface area (Å²) in [5, 5.41) is 8.97. The molecule has 122 valence electrons. The molecule has 0 aromatic carbocycles. The third kappa shape index (κ3) is 68.1. The van der Waals surface area contributed by atoms with E-state index in [0.29, 0.717) is 5.92 Å². The van der Waals surface area contributed by atoms with Crippen molar-refractivity contribution in [2.45, 2.75) is 81.3 Å². The van der Waals surface area contributed by atoms with Gasteiger partial charge in [-0.1, -0.05) is 21.3 Å². The van der Waals surface area contributed by atoms with Crippen LogP contribution in [0.15, 0.2) is 0 Å². The number of Topliss-reactive ketones (excluding diaryl/α,β-unsaturated/α-hetero) is 3. The fraction of sp³-hybridized carbons (Fsp3) is 0.812. The lowest BCUT2D eigenvalue weighted by atomic mass is 10.0. The first-order valence-electron chi connectivity index (χ1n) is 6.46. The van der Waals surface area contributed by atoms with E-state index >= 15 is 0 Å². The second-order valence-electron chi connectivity index (χ2n) is 5.90. The molecule has 0 aromatic heterocycles. The quantitative estimate of drug-likeness (QED) is 0.859. The summed E-state index contributed by atoms with van der Waals surface area (Å²) in [5.74, 6) is 1.00. The van der Waals surface area contributed by atoms with Crippen LogP contribution >= 0.6 is 0 Å². The van der Waals surface area contributed by atoms with Crippen LogP contribution in [-0.2, 0) is 14.4 Å². The van der Waals surface area contributed by atoms with Crippen LogP contribution in [0.25, 0.3) is 0 Å². The normalized spacial score (nSPS) is 9.30. The molecule has 0 spiro atoms. The molecule has 0 saturated heterocycles. The number of hydrogen-bond donors (Lipinski definition) is 1. The average molecular weight is 290 g/mol. The van der Waals surface area contributed by atoms with Crippen molar-refractivity contribution < 1.29 is 19.5 Å². The first kappa shape index (κ1) is 27.3. The van der Waals surface area contributed by atoms with Crippen molar-refractivity contribution in [1.29, 1.82) is 0 Å². The third-order valence-corrected chi connectivity index (χ3v) is 1.38. The van der Waals surface area contributed by atoms with Gasteiger partial charge < -0.3 is 14.7 Å². The molecule has 0 bridgehead atoms. The first-order valence-corrected chi connectivity index (χ1v) is 6.46. The van der Waals surface area contributed by atoms with Crippen molar-refractivity contribution in [3.63, 3.8) is 0 Å². The van der Waals surface area contributed by atoms with Gasteiger partial charge in [0.15, 0.2) is 0 Å². The van der Waals surface area contributed by atoms with Crippen LogP contribution in [0.3, 0.4) is 0 Å². The van der Waals surface area contributed by atoms with E-state index in [2.05, 4.69) is 0 Å². The average Bonchev–Trinajstić information content (AvgIpc) is 1.93. The molecule has 0 amide bonds. The number of carbonyl (C=O) groups excluding carboxylic acids is 3. The van der Waals surface area contributed by atoms with Crippen LogP contribution in [0.4, 0.5) is 0 Å². The SMILES string of the molecule is C.CC(=O)CC(C)(C)O.CC(=O)CC(C)C.CC(C)=O. The van der Waals surface area contributed by atoms with Crippen LogP contribution in [0.5, 0.6) is 0 Å². The smallest absolute Gasteiger partial charge is 0.132 e. The van der Waals surface area contributed by atoms with Gasteiger partial charge in [-0.05, 0) is 47.5 Å². The number of aliphatic hydroxyl groups is 1. The predicted molar refractivity (Wildman–Crippen MR) is 84.8 cm³/mol. The standard InChI is InChI=1S/C6H12O2.C6H12O.C3H6O.CH4/c1-5(7)4-6(2,3)8;1-5(2)4-6(3)7;1-3(2)4;/h8H,4H2,1-3H3;5H,4H2,1-3H3;1-2H3;1H4. The van der Waals surface area contributed by atoms with E-state index in [1.165, 1.54) is 20.8 Å². The zero-order valence-corrected chi connectivity index (χ0v) is 13.7. The Kier molecular flexibility index (Phi) is 19.7. The van der Waals surface area contributed by atoms with Gasteiger partial charge in [0.25, 0.3) is 0 Å². The molecule has 0 heterocycles. The van der Waals surface area contributed by atoms with Crippen LogP contribution < -0.4 is 0 Å². The minimum absolute atomic E-state index is 0. The van der Waals surface area contributed by atoms with E-state index < -0.39 is 5.60 Å². The molecule has 0 aliphatic rings. The maximum atomic E-state index is 10.3. The number of ketones is 3. The summed E-state index contributed by atoms with van der Waals surface area (Å²) < 4.78 is 0. The van der Waals surface area contributed by atoms with Gasteiger partial charge in [0, 0.05) is 12.8 Å². The number of rotatable bonds is 4. The Hall–Kier alpha value is -1.03. The Morgan fingerprint density at radius 1 is 0.950 bits per heavy atom. The molecule has 1 N–H and O–H groups in total. The van der Waals surface area contributed by atoms with Crippen LogP contribution in [-0.4, -0.2) is 28.1 Å². The van der Waals surface area contributed by atoms with Crippen LogP contribution in [0.1, 0.15) is 75.7 Å². The molecule has 0 aliphatic heterocycles. The van der Waals surface area contributed by atoms with Crippen molar-refractivity contribution in [2.75, 3.05) is 0 Å². The van der Waals surface area contributed by atoms with Crippen LogP contribution in [0, 0.1) is 5.92 Å². The minimum atomic E-state index is -0.828. The van der Waals surface area contributed by atoms with Gasteiger partial charge in [-0.2, -0.15) is 0 Å². The summed E-state index contributed by atoms with van der Waals surface area (Å²) in [4.78, 5) is 30.0. The van der Waals surface area contributed by atoms with Crippen molar-refractivity contribution in [1.82, 2.24) is 0 Å². The Morgan fingerprint density at radius 3 is 1.25 bits per heavy atom. The minimum Gasteiger partial charge on any atom is -0.390 e. The van der Waals surface area contributed by atoms with Gasteiger partial charge >= 0.3 is 0 Å². The molecule has 4 nitrogen and oxygen atoms in total. The van der Waals surface area contributed by atoms with E-state index in [0.717, 1.165) is 6.42 Å². The molecule has 0 fully saturated rings. The molecule has 0 atom stereocenters. The van der Waals surface area contributed by atoms with E-state index in [9.17, 15) is 14.4 Å². The van der Waals surface area contributed by atoms with Gasteiger partial charge in [-0.25, -0.2) is 0 Å². The summed E-state index contributed by atoms with van der Waals surface area (Å²) in [7, 11) is 0. The lowest BCUT2D eigenvalue weighted by Gasteiger charge is -2.13. The molecule has 0 rings (SSSR count). The Balaban J connectivity index is -0.0000000986. The first-order chi connectivity index (χ1) is 8.27. The molecular weight excluding hydrogens is 256 g/mol. The largest absolute Gasteiger partial charge is 0.390 e. The Bertz CT molecular complexity index is 269. The fourth-order valence-electron chi connectivity index (χ4n) is 1.18. The lowest BCUT2D eigenvalue weighted by molar-refractivity contribution is -0.121. The van der Waals surface area contributed by atoms with E-state index in [4.69, 9.17) is 5.11 Å². The second kappa shape index (κ2) is 14.4. The highest BCUT2D eigenvalue weighted by Gasteiger charge is 2.13. The second-order valence-corrected chi connectivity index (χ2v) is 5.90. The summed E-state index contributed by atoms with van der Waals surface area (Å²) >= 11 is 0. The third-order valence-electron chi connectivity index (χ3n) is 1.38. The van der Waals surface area contributed by atoms with Crippen molar-refractivity contribution in [3.8, 4) is 0 Å². The highest BCUT2D eigenvalue weighted by Crippen LogP contribution is 2.06. The van der Waals surface area contributed by atoms with Gasteiger partial charge in [-0.3, -0.25) is 4.79 Å². The van der Waals surface area contributed by atoms with Gasteiger partial charge in [0.1, 0.15) is 17.3 Å². The fourth-order valence-corrected chi connectivity index (χ4v) is 1.18. The molecule has 4 heteroatoms. The molecular formula is C16H34O4. The molecule has 0 aromatic rings. The maximum Gasteiger partial charge on any atom is 0.132 e. The zero-order valence-electron chi connectivity index (χ0n) is 13.7. The van der Waals surface area contributed by atoms with Crippen molar-refractivity contribution in [3.05, 3.63) is 0 Å². The predicted octanol–water partition coefficient (Wildman–Crippen LogP) is 3.59. The summed E-state index contributed by atoms with van der Waals surface area (Å²) in [6.07, 6.45) is 0.965. The highest BCUT2D eigenvalue weighted by molar-refractivity contribution is 5.76. The molecule has 20 heavy (non-hydrogen) atoms.